The summed E-state index contributed by atoms with van der Waals surface area (Å²) in [5.41, 5.74) is 0.171. The Labute approximate surface area is 199 Å². The summed E-state index contributed by atoms with van der Waals surface area (Å²) in [5.74, 6) is 1.15. The fraction of sp³-hybridized carbons (Fsp3) is 0.174. The second-order valence-corrected chi connectivity index (χ2v) is 9.71. The van der Waals surface area contributed by atoms with Gasteiger partial charge in [0, 0.05) is 10.7 Å². The molecule has 3 aromatic carbocycles. The maximum atomic E-state index is 13.2. The van der Waals surface area contributed by atoms with Crippen LogP contribution < -0.4 is 15.0 Å². The van der Waals surface area contributed by atoms with Gasteiger partial charge in [-0.3, -0.25) is 0 Å². The normalized spacial score (nSPS) is 17.6. The lowest BCUT2D eigenvalue weighted by Gasteiger charge is -2.18. The van der Waals surface area contributed by atoms with Crippen LogP contribution in [-0.2, 0) is 16.2 Å². The summed E-state index contributed by atoms with van der Waals surface area (Å²) in [6.45, 7) is 0.174. The van der Waals surface area contributed by atoms with Gasteiger partial charge >= 0.3 is 6.18 Å². The number of nitrogens with one attached hydrogen (secondary N) is 1. The van der Waals surface area contributed by atoms with Crippen molar-refractivity contribution >= 4 is 33.3 Å². The van der Waals surface area contributed by atoms with E-state index >= 15 is 0 Å². The average molecular weight is 510 g/mol. The van der Waals surface area contributed by atoms with Crippen molar-refractivity contribution in [3.8, 4) is 11.5 Å². The van der Waals surface area contributed by atoms with Crippen LogP contribution in [0.4, 0.5) is 18.9 Å². The highest BCUT2D eigenvalue weighted by Crippen LogP contribution is 2.33. The van der Waals surface area contributed by atoms with Gasteiger partial charge < -0.3 is 15.0 Å². The molecule has 11 heteroatoms. The Morgan fingerprint density at radius 3 is 2.24 bits per heavy atom. The predicted molar refractivity (Wildman–Crippen MR) is 125 cm³/mol. The highest BCUT2D eigenvalue weighted by atomic mass is 35.5. The van der Waals surface area contributed by atoms with E-state index in [2.05, 4.69) is 9.71 Å². The number of anilines is 1. The van der Waals surface area contributed by atoms with Gasteiger partial charge in [0.15, 0.2) is 0 Å². The highest BCUT2D eigenvalue weighted by Gasteiger charge is 2.34. The van der Waals surface area contributed by atoms with Gasteiger partial charge in [0.2, 0.25) is 5.96 Å². The molecular formula is C23H19ClF3N3O3S. The summed E-state index contributed by atoms with van der Waals surface area (Å²) >= 11 is 5.88. The topological polar surface area (TPSA) is 71.0 Å². The lowest BCUT2D eigenvalue weighted by atomic mass is 10.0. The Kier molecular flexibility index (Phi) is 6.46. The van der Waals surface area contributed by atoms with E-state index in [-0.39, 0.29) is 12.5 Å². The van der Waals surface area contributed by atoms with Crippen molar-refractivity contribution < 1.29 is 26.3 Å². The predicted octanol–water partition coefficient (Wildman–Crippen LogP) is 5.62. The number of guanidine groups is 1. The van der Waals surface area contributed by atoms with Gasteiger partial charge in [0.05, 0.1) is 24.4 Å². The molecule has 0 spiro atoms. The Hall–Kier alpha value is -3.24. The first kappa shape index (κ1) is 23.9. The Bertz CT molecular complexity index is 1310. The fourth-order valence-corrected chi connectivity index (χ4v) is 4.05. The van der Waals surface area contributed by atoms with Crippen LogP contribution in [-0.4, -0.2) is 27.2 Å². The molecule has 1 N–H and O–H groups in total. The number of benzene rings is 3. The quantitative estimate of drug-likeness (QED) is 0.483. The van der Waals surface area contributed by atoms with Gasteiger partial charge in [-0.1, -0.05) is 23.7 Å². The third-order valence-electron chi connectivity index (χ3n) is 4.99. The molecule has 34 heavy (non-hydrogen) atoms. The fourth-order valence-electron chi connectivity index (χ4n) is 3.46. The molecule has 1 aliphatic rings. The van der Waals surface area contributed by atoms with E-state index in [1.165, 1.54) is 6.07 Å². The second-order valence-electron chi connectivity index (χ2n) is 7.63. The van der Waals surface area contributed by atoms with Crippen molar-refractivity contribution in [2.75, 3.05) is 17.7 Å². The molecule has 1 heterocycles. The number of hydrogen-bond acceptors (Lipinski definition) is 3. The zero-order valence-electron chi connectivity index (χ0n) is 17.8. The second kappa shape index (κ2) is 9.19. The van der Waals surface area contributed by atoms with Gasteiger partial charge in [-0.15, -0.1) is 4.40 Å². The van der Waals surface area contributed by atoms with Gasteiger partial charge in [0.1, 0.15) is 11.5 Å². The van der Waals surface area contributed by atoms with E-state index in [9.17, 15) is 21.6 Å². The number of hydrogen-bond donors (Lipinski definition) is 1. The third kappa shape index (κ3) is 5.81. The molecule has 1 aliphatic heterocycles. The number of ether oxygens (including phenoxy) is 1. The summed E-state index contributed by atoms with van der Waals surface area (Å²) in [4.78, 5) is 1.60. The van der Waals surface area contributed by atoms with E-state index < -0.39 is 27.8 Å². The van der Waals surface area contributed by atoms with Crippen molar-refractivity contribution in [2.24, 2.45) is 4.40 Å². The molecule has 4 rings (SSSR count). The molecule has 0 aliphatic carbocycles. The number of alkyl halides is 3. The number of halogens is 4. The Morgan fingerprint density at radius 1 is 1.03 bits per heavy atom. The molecule has 0 radical (unpaired) electrons. The summed E-state index contributed by atoms with van der Waals surface area (Å²) < 4.78 is 72.7. The van der Waals surface area contributed by atoms with Crippen LogP contribution in [0.1, 0.15) is 17.2 Å². The van der Waals surface area contributed by atoms with Crippen LogP contribution >= 0.6 is 11.6 Å². The van der Waals surface area contributed by atoms with Crippen LogP contribution in [0.15, 0.2) is 77.2 Å². The molecule has 1 unspecified atom stereocenters. The van der Waals surface area contributed by atoms with E-state index in [0.717, 1.165) is 18.4 Å². The minimum atomic E-state index is -4.49. The molecule has 1 fully saturated rings. The van der Waals surface area contributed by atoms with Crippen molar-refractivity contribution in [1.82, 2.24) is 5.32 Å². The molecule has 1 atom stereocenters. The van der Waals surface area contributed by atoms with Crippen molar-refractivity contribution in [2.45, 2.75) is 12.2 Å². The molecule has 0 aromatic heterocycles. The number of sulfonamides is 1. The highest BCUT2D eigenvalue weighted by molar-refractivity contribution is 7.89. The first-order valence-corrected chi connectivity index (χ1v) is 12.3. The maximum Gasteiger partial charge on any atom is 0.416 e. The van der Waals surface area contributed by atoms with E-state index in [1.54, 1.807) is 59.5 Å². The molecule has 178 valence electrons. The SMILES string of the molecule is CS(=O)(=O)N=C1NC(c2cccc(C(F)(F)F)c2)CN1c1ccc(Oc2ccc(Cl)cc2)cc1. The summed E-state index contributed by atoms with van der Waals surface area (Å²) in [6.07, 6.45) is -3.54. The molecule has 0 amide bonds. The third-order valence-corrected chi connectivity index (χ3v) is 5.75. The lowest BCUT2D eigenvalue weighted by Crippen LogP contribution is -2.31. The number of nitrogens with zero attached hydrogens (tertiary/aromatic N) is 2. The van der Waals surface area contributed by atoms with E-state index in [4.69, 9.17) is 16.3 Å². The van der Waals surface area contributed by atoms with E-state index in [1.807, 2.05) is 0 Å². The molecule has 6 nitrogen and oxygen atoms in total. The minimum Gasteiger partial charge on any atom is -0.457 e. The van der Waals surface area contributed by atoms with Crippen LogP contribution in [0.2, 0.25) is 5.02 Å². The van der Waals surface area contributed by atoms with E-state index in [0.29, 0.717) is 27.8 Å². The van der Waals surface area contributed by atoms with Crippen molar-refractivity contribution in [3.63, 3.8) is 0 Å². The van der Waals surface area contributed by atoms with Crippen molar-refractivity contribution in [1.29, 1.82) is 0 Å². The van der Waals surface area contributed by atoms with Gasteiger partial charge in [-0.25, -0.2) is 8.42 Å². The lowest BCUT2D eigenvalue weighted by molar-refractivity contribution is -0.137. The molecular weight excluding hydrogens is 491 g/mol. The first-order chi connectivity index (χ1) is 16.0. The maximum absolute atomic E-state index is 13.2. The zero-order chi connectivity index (χ0) is 24.5. The number of rotatable bonds is 5. The summed E-state index contributed by atoms with van der Waals surface area (Å²) in [5, 5.41) is 3.52. The van der Waals surface area contributed by atoms with Gasteiger partial charge in [0.25, 0.3) is 10.0 Å². The van der Waals surface area contributed by atoms with Gasteiger partial charge in [-0.2, -0.15) is 13.2 Å². The summed E-state index contributed by atoms with van der Waals surface area (Å²) in [7, 11) is -3.77. The molecule has 0 saturated carbocycles. The van der Waals surface area contributed by atoms with Crippen LogP contribution in [0.5, 0.6) is 11.5 Å². The Morgan fingerprint density at radius 2 is 1.65 bits per heavy atom. The van der Waals surface area contributed by atoms with Gasteiger partial charge in [-0.05, 0) is 66.2 Å². The molecule has 0 bridgehead atoms. The first-order valence-electron chi connectivity index (χ1n) is 10.0. The smallest absolute Gasteiger partial charge is 0.416 e. The standard InChI is InChI=1S/C23H19ClF3N3O3S/c1-34(31,32)29-22-28-21(15-3-2-4-16(13-15)23(25,26)27)14-30(22)18-7-11-20(12-8-18)33-19-9-5-17(24)6-10-19/h2-13,21H,14H2,1H3,(H,28,29). The van der Waals surface area contributed by atoms with Crippen LogP contribution in [0.3, 0.4) is 0 Å². The summed E-state index contributed by atoms with van der Waals surface area (Å²) in [6, 6.07) is 17.9. The minimum absolute atomic E-state index is 0.0243. The van der Waals surface area contributed by atoms with Crippen molar-refractivity contribution in [3.05, 3.63) is 88.9 Å². The van der Waals surface area contributed by atoms with Crippen LogP contribution in [0.25, 0.3) is 0 Å². The Balaban J connectivity index is 1.60. The van der Waals surface area contributed by atoms with Crippen LogP contribution in [0, 0.1) is 0 Å². The molecule has 3 aromatic rings. The molecule has 1 saturated heterocycles. The largest absolute Gasteiger partial charge is 0.457 e. The monoisotopic (exact) mass is 509 g/mol. The average Bonchev–Trinajstić information content (AvgIpc) is 3.17. The zero-order valence-corrected chi connectivity index (χ0v) is 19.3.